The van der Waals surface area contributed by atoms with Gasteiger partial charge in [-0.2, -0.15) is 5.10 Å². The van der Waals surface area contributed by atoms with Crippen molar-refractivity contribution in [1.29, 1.82) is 0 Å². The Kier molecular flexibility index (Phi) is 3.39. The van der Waals surface area contributed by atoms with Crippen molar-refractivity contribution in [1.82, 2.24) is 15.1 Å². The van der Waals surface area contributed by atoms with Gasteiger partial charge in [-0.1, -0.05) is 0 Å². The van der Waals surface area contributed by atoms with Gasteiger partial charge in [-0.15, -0.1) is 0 Å². The van der Waals surface area contributed by atoms with Gasteiger partial charge in [0.1, 0.15) is 18.4 Å². The van der Waals surface area contributed by atoms with Gasteiger partial charge in [-0.25, -0.2) is 0 Å². The van der Waals surface area contributed by atoms with Gasteiger partial charge in [0.05, 0.1) is 4.92 Å². The number of aromatic nitrogens is 2. The van der Waals surface area contributed by atoms with Gasteiger partial charge in [-0.05, 0) is 62.7 Å². The standard InChI is InChI=1S/C16H22N4O3/c1-9-14(20(22)23)7-17-19(9)8-15(21)18-16-12-3-10-2-11(5-12)6-13(16)4-10/h7,10-13,16H,2-6,8H2,1H3,(H,18,21). The molecule has 1 aromatic rings. The molecule has 23 heavy (non-hydrogen) atoms. The molecule has 4 fully saturated rings. The molecule has 0 spiro atoms. The van der Waals surface area contributed by atoms with Crippen molar-refractivity contribution in [2.45, 2.75) is 51.6 Å². The lowest BCUT2D eigenvalue weighted by molar-refractivity contribution is -0.385. The smallest absolute Gasteiger partial charge is 0.309 e. The van der Waals surface area contributed by atoms with Crippen LogP contribution in [0.1, 0.15) is 37.8 Å². The predicted molar refractivity (Wildman–Crippen MR) is 82.6 cm³/mol. The first-order chi connectivity index (χ1) is 11.0. The van der Waals surface area contributed by atoms with Crippen LogP contribution >= 0.6 is 0 Å². The first kappa shape index (κ1) is 14.7. The first-order valence-electron chi connectivity index (χ1n) is 8.47. The van der Waals surface area contributed by atoms with E-state index >= 15 is 0 Å². The van der Waals surface area contributed by atoms with Crippen LogP contribution in [0.3, 0.4) is 0 Å². The van der Waals surface area contributed by atoms with Crippen LogP contribution in [0.15, 0.2) is 6.20 Å². The third-order valence-corrected chi connectivity index (χ3v) is 6.12. The molecule has 1 amide bonds. The van der Waals surface area contributed by atoms with Crippen molar-refractivity contribution in [3.8, 4) is 0 Å². The van der Waals surface area contributed by atoms with E-state index in [-0.39, 0.29) is 18.1 Å². The van der Waals surface area contributed by atoms with E-state index in [1.165, 1.54) is 43.0 Å². The summed E-state index contributed by atoms with van der Waals surface area (Å²) in [6, 6.07) is 0.293. The molecule has 0 unspecified atom stereocenters. The number of carbonyl (C=O) groups excluding carboxylic acids is 1. The summed E-state index contributed by atoms with van der Waals surface area (Å²) >= 11 is 0. The Morgan fingerprint density at radius 2 is 1.91 bits per heavy atom. The first-order valence-corrected chi connectivity index (χ1v) is 8.47. The van der Waals surface area contributed by atoms with Gasteiger partial charge in [0.25, 0.3) is 0 Å². The molecule has 1 aromatic heterocycles. The minimum atomic E-state index is -0.464. The lowest BCUT2D eigenvalue weighted by atomic mass is 9.54. The van der Waals surface area contributed by atoms with E-state index in [4.69, 9.17) is 0 Å². The summed E-state index contributed by atoms with van der Waals surface area (Å²) in [6.07, 6.45) is 7.62. The van der Waals surface area contributed by atoms with Crippen LogP contribution in [0.25, 0.3) is 0 Å². The molecular weight excluding hydrogens is 296 g/mol. The van der Waals surface area contributed by atoms with Crippen LogP contribution in [-0.2, 0) is 11.3 Å². The van der Waals surface area contributed by atoms with Crippen molar-refractivity contribution in [3.63, 3.8) is 0 Å². The molecule has 5 rings (SSSR count). The number of nitrogens with zero attached hydrogens (tertiary/aromatic N) is 3. The number of carbonyl (C=O) groups is 1. The highest BCUT2D eigenvalue weighted by Crippen LogP contribution is 2.53. The zero-order valence-corrected chi connectivity index (χ0v) is 13.3. The summed E-state index contributed by atoms with van der Waals surface area (Å²) in [5.41, 5.74) is 0.391. The molecule has 0 atom stereocenters. The zero-order valence-electron chi connectivity index (χ0n) is 13.3. The summed E-state index contributed by atoms with van der Waals surface area (Å²) in [6.45, 7) is 1.68. The SMILES string of the molecule is Cc1c([N+](=O)[O-])cnn1CC(=O)NC1C2CC3CC(C2)CC1C3. The summed E-state index contributed by atoms with van der Waals surface area (Å²) in [5.74, 6) is 2.93. The van der Waals surface area contributed by atoms with Gasteiger partial charge < -0.3 is 5.32 Å². The fourth-order valence-electron chi connectivity index (χ4n) is 5.30. The highest BCUT2D eigenvalue weighted by molar-refractivity contribution is 5.76. The summed E-state index contributed by atoms with van der Waals surface area (Å²) < 4.78 is 1.42. The van der Waals surface area contributed by atoms with Crippen molar-refractivity contribution >= 4 is 11.6 Å². The number of amides is 1. The number of rotatable bonds is 4. The van der Waals surface area contributed by atoms with E-state index in [9.17, 15) is 14.9 Å². The molecule has 4 saturated carbocycles. The Hall–Kier alpha value is -1.92. The topological polar surface area (TPSA) is 90.1 Å². The number of nitro groups is 1. The molecule has 4 aliphatic carbocycles. The fourth-order valence-corrected chi connectivity index (χ4v) is 5.30. The van der Waals surface area contributed by atoms with Gasteiger partial charge in [0.2, 0.25) is 5.91 Å². The Bertz CT molecular complexity index is 626. The molecular formula is C16H22N4O3. The normalized spacial score (nSPS) is 34.6. The second-order valence-corrected chi connectivity index (χ2v) is 7.55. The molecule has 4 bridgehead atoms. The summed E-state index contributed by atoms with van der Waals surface area (Å²) in [4.78, 5) is 22.8. The van der Waals surface area contributed by atoms with Crippen molar-refractivity contribution in [2.24, 2.45) is 23.7 Å². The lowest BCUT2D eigenvalue weighted by Crippen LogP contribution is -2.56. The molecule has 0 aromatic carbocycles. The fraction of sp³-hybridized carbons (Fsp3) is 0.750. The van der Waals surface area contributed by atoms with E-state index in [2.05, 4.69) is 10.4 Å². The van der Waals surface area contributed by atoms with Crippen LogP contribution in [0, 0.1) is 40.7 Å². The van der Waals surface area contributed by atoms with Gasteiger partial charge in [-0.3, -0.25) is 19.6 Å². The number of hydrogen-bond donors (Lipinski definition) is 1. The Morgan fingerprint density at radius 1 is 1.30 bits per heavy atom. The average Bonchev–Trinajstić information content (AvgIpc) is 2.83. The van der Waals surface area contributed by atoms with Gasteiger partial charge in [0.15, 0.2) is 0 Å². The van der Waals surface area contributed by atoms with Gasteiger partial charge >= 0.3 is 5.69 Å². The average molecular weight is 318 g/mol. The maximum Gasteiger partial charge on any atom is 0.309 e. The molecule has 124 valence electrons. The van der Waals surface area contributed by atoms with Crippen LogP contribution in [0.4, 0.5) is 5.69 Å². The van der Waals surface area contributed by atoms with Crippen LogP contribution in [0.5, 0.6) is 0 Å². The maximum absolute atomic E-state index is 12.4. The Balaban J connectivity index is 1.42. The summed E-state index contributed by atoms with van der Waals surface area (Å²) in [7, 11) is 0. The Morgan fingerprint density at radius 3 is 2.43 bits per heavy atom. The van der Waals surface area contributed by atoms with Crippen molar-refractivity contribution in [3.05, 3.63) is 22.0 Å². The molecule has 4 aliphatic rings. The second-order valence-electron chi connectivity index (χ2n) is 7.55. The number of hydrogen-bond acceptors (Lipinski definition) is 4. The van der Waals surface area contributed by atoms with E-state index in [1.54, 1.807) is 6.92 Å². The highest BCUT2D eigenvalue weighted by Gasteiger charge is 2.48. The van der Waals surface area contributed by atoms with E-state index in [0.717, 1.165) is 11.8 Å². The monoisotopic (exact) mass is 318 g/mol. The molecule has 0 saturated heterocycles. The molecule has 7 nitrogen and oxygen atoms in total. The van der Waals surface area contributed by atoms with Crippen LogP contribution in [0.2, 0.25) is 0 Å². The molecule has 1 heterocycles. The van der Waals surface area contributed by atoms with Crippen molar-refractivity contribution < 1.29 is 9.72 Å². The van der Waals surface area contributed by atoms with Gasteiger partial charge in [0, 0.05) is 6.04 Å². The second kappa shape index (κ2) is 5.32. The zero-order chi connectivity index (χ0) is 16.1. The summed E-state index contributed by atoms with van der Waals surface area (Å²) in [5, 5.41) is 18.0. The lowest BCUT2D eigenvalue weighted by Gasteiger charge is -2.54. The quantitative estimate of drug-likeness (QED) is 0.679. The minimum Gasteiger partial charge on any atom is -0.351 e. The Labute approximate surface area is 134 Å². The van der Waals surface area contributed by atoms with Crippen LogP contribution in [-0.4, -0.2) is 26.7 Å². The van der Waals surface area contributed by atoms with E-state index < -0.39 is 4.92 Å². The largest absolute Gasteiger partial charge is 0.351 e. The van der Waals surface area contributed by atoms with E-state index in [1.807, 2.05) is 0 Å². The predicted octanol–water partition coefficient (Wildman–Crippen LogP) is 2.04. The maximum atomic E-state index is 12.4. The third kappa shape index (κ3) is 2.52. The van der Waals surface area contributed by atoms with Crippen LogP contribution < -0.4 is 5.32 Å². The molecule has 0 aliphatic heterocycles. The van der Waals surface area contributed by atoms with Crippen molar-refractivity contribution in [2.75, 3.05) is 0 Å². The minimum absolute atomic E-state index is 0.0348. The van der Waals surface area contributed by atoms with E-state index in [0.29, 0.717) is 23.6 Å². The number of nitrogens with one attached hydrogen (secondary N) is 1. The third-order valence-electron chi connectivity index (χ3n) is 6.12. The molecule has 1 N–H and O–H groups in total. The highest BCUT2D eigenvalue weighted by atomic mass is 16.6. The molecule has 7 heteroatoms. The molecule has 0 radical (unpaired) electrons.